The second kappa shape index (κ2) is 12.1. The molecule has 0 aromatic carbocycles. The minimum atomic E-state index is -1.09. The monoisotopic (exact) mass is 207 g/mol. The lowest BCUT2D eigenvalue weighted by atomic mass is 10.1. The Morgan fingerprint density at radius 2 is 1.62 bits per heavy atom. The van der Waals surface area contributed by atoms with Crippen LogP contribution in [0.2, 0.25) is 0 Å². The highest BCUT2D eigenvalue weighted by molar-refractivity contribution is 6.17. The summed E-state index contributed by atoms with van der Waals surface area (Å²) < 4.78 is 8.96. The molecule has 0 amide bonds. The SMILES string of the molecule is NCCCCCCCCO[SiH2]OO. The van der Waals surface area contributed by atoms with Gasteiger partial charge in [-0.1, -0.05) is 25.7 Å². The molecule has 0 saturated heterocycles. The molecule has 0 radical (unpaired) electrons. The molecule has 0 fully saturated rings. The molecule has 5 heteroatoms. The van der Waals surface area contributed by atoms with Crippen LogP contribution in [0.25, 0.3) is 0 Å². The Bertz CT molecular complexity index is 85.5. The highest BCUT2D eigenvalue weighted by Gasteiger charge is 1.91. The van der Waals surface area contributed by atoms with Gasteiger partial charge in [0.1, 0.15) is 0 Å². The van der Waals surface area contributed by atoms with Crippen molar-refractivity contribution in [2.24, 2.45) is 5.73 Å². The van der Waals surface area contributed by atoms with Crippen molar-refractivity contribution in [3.63, 3.8) is 0 Å². The predicted octanol–water partition coefficient (Wildman–Crippen LogP) is 0.791. The molecule has 0 aliphatic heterocycles. The summed E-state index contributed by atoms with van der Waals surface area (Å²) in [6, 6.07) is 0. The molecule has 0 aliphatic rings. The zero-order valence-corrected chi connectivity index (χ0v) is 9.62. The van der Waals surface area contributed by atoms with Gasteiger partial charge in [-0.25, -0.2) is 0 Å². The van der Waals surface area contributed by atoms with Crippen LogP contribution in [-0.4, -0.2) is 28.4 Å². The fraction of sp³-hybridized carbons (Fsp3) is 1.00. The molecule has 0 aromatic heterocycles. The summed E-state index contributed by atoms with van der Waals surface area (Å²) in [5.74, 6) is 0. The summed E-state index contributed by atoms with van der Waals surface area (Å²) in [6.45, 7) is 1.53. The van der Waals surface area contributed by atoms with E-state index in [1.54, 1.807) is 0 Å². The fourth-order valence-electron chi connectivity index (χ4n) is 1.15. The first kappa shape index (κ1) is 13.1. The maximum atomic E-state index is 7.99. The van der Waals surface area contributed by atoms with Gasteiger partial charge in [-0.2, -0.15) is 0 Å². The van der Waals surface area contributed by atoms with Crippen molar-refractivity contribution in [1.29, 1.82) is 0 Å². The van der Waals surface area contributed by atoms with E-state index in [1.165, 1.54) is 25.7 Å². The summed E-state index contributed by atoms with van der Waals surface area (Å²) in [7, 11) is -1.09. The van der Waals surface area contributed by atoms with Gasteiger partial charge in [-0.15, -0.1) is 0 Å². The van der Waals surface area contributed by atoms with E-state index in [2.05, 4.69) is 4.58 Å². The van der Waals surface area contributed by atoms with Gasteiger partial charge in [0.05, 0.1) is 0 Å². The Morgan fingerprint density at radius 1 is 1.00 bits per heavy atom. The van der Waals surface area contributed by atoms with E-state index in [-0.39, 0.29) is 0 Å². The first-order valence-corrected chi connectivity index (χ1v) is 6.11. The topological polar surface area (TPSA) is 64.7 Å². The van der Waals surface area contributed by atoms with Crippen LogP contribution in [-0.2, 0) is 9.00 Å². The molecular weight excluding hydrogens is 186 g/mol. The molecule has 0 spiro atoms. The Balaban J connectivity index is 2.76. The van der Waals surface area contributed by atoms with Crippen molar-refractivity contribution in [2.45, 2.75) is 38.5 Å². The van der Waals surface area contributed by atoms with E-state index >= 15 is 0 Å². The zero-order chi connectivity index (χ0) is 9.78. The van der Waals surface area contributed by atoms with Crippen LogP contribution in [0.4, 0.5) is 0 Å². The van der Waals surface area contributed by atoms with Crippen molar-refractivity contribution in [2.75, 3.05) is 13.2 Å². The summed E-state index contributed by atoms with van der Waals surface area (Å²) in [5, 5.41) is 7.99. The van der Waals surface area contributed by atoms with Crippen molar-refractivity contribution >= 4 is 10.0 Å². The van der Waals surface area contributed by atoms with Crippen LogP contribution in [0.1, 0.15) is 38.5 Å². The fourth-order valence-corrected chi connectivity index (χ4v) is 1.55. The van der Waals surface area contributed by atoms with E-state index in [4.69, 9.17) is 15.4 Å². The molecule has 0 unspecified atom stereocenters. The summed E-state index contributed by atoms with van der Waals surface area (Å²) >= 11 is 0. The maximum Gasteiger partial charge on any atom is 0.344 e. The molecule has 0 atom stereocenters. The molecule has 4 nitrogen and oxygen atoms in total. The van der Waals surface area contributed by atoms with Crippen molar-refractivity contribution in [3.05, 3.63) is 0 Å². The molecule has 0 aliphatic carbocycles. The second-order valence-corrected chi connectivity index (χ2v) is 3.97. The summed E-state index contributed by atoms with van der Waals surface area (Å²) in [4.78, 5) is 0. The van der Waals surface area contributed by atoms with Gasteiger partial charge in [0.25, 0.3) is 0 Å². The van der Waals surface area contributed by atoms with Gasteiger partial charge < -0.3 is 10.2 Å². The van der Waals surface area contributed by atoms with Gasteiger partial charge in [-0.3, -0.25) is 9.83 Å². The molecule has 13 heavy (non-hydrogen) atoms. The lowest BCUT2D eigenvalue weighted by molar-refractivity contribution is -0.152. The van der Waals surface area contributed by atoms with Crippen molar-refractivity contribution in [3.8, 4) is 0 Å². The zero-order valence-electron chi connectivity index (χ0n) is 8.21. The molecule has 0 bridgehead atoms. The lowest BCUT2D eigenvalue weighted by Gasteiger charge is -2.01. The molecule has 80 valence electrons. The van der Waals surface area contributed by atoms with Crippen molar-refractivity contribution in [1.82, 2.24) is 0 Å². The first-order valence-electron chi connectivity index (χ1n) is 4.96. The van der Waals surface area contributed by atoms with Crippen LogP contribution in [0.5, 0.6) is 0 Å². The van der Waals surface area contributed by atoms with Gasteiger partial charge in [-0.05, 0) is 19.4 Å². The summed E-state index contributed by atoms with van der Waals surface area (Å²) in [6.07, 6.45) is 7.17. The quantitative estimate of drug-likeness (QED) is 0.241. The maximum absolute atomic E-state index is 7.99. The minimum absolute atomic E-state index is 0.726. The third-order valence-electron chi connectivity index (χ3n) is 1.88. The first-order chi connectivity index (χ1) is 6.41. The average molecular weight is 207 g/mol. The number of unbranched alkanes of at least 4 members (excludes halogenated alkanes) is 5. The minimum Gasteiger partial charge on any atom is -0.397 e. The van der Waals surface area contributed by atoms with E-state index in [9.17, 15) is 0 Å². The van der Waals surface area contributed by atoms with Gasteiger partial charge >= 0.3 is 10.0 Å². The van der Waals surface area contributed by atoms with Gasteiger partial charge in [0.2, 0.25) is 0 Å². The average Bonchev–Trinajstić information content (AvgIpc) is 2.16. The molecular formula is C8H21NO3Si. The smallest absolute Gasteiger partial charge is 0.344 e. The van der Waals surface area contributed by atoms with E-state index in [1.807, 2.05) is 0 Å². The molecule has 0 saturated carbocycles. The number of rotatable bonds is 10. The van der Waals surface area contributed by atoms with Crippen LogP contribution < -0.4 is 5.73 Å². The molecule has 0 rings (SSSR count). The molecule has 0 heterocycles. The summed E-state index contributed by atoms with van der Waals surface area (Å²) in [5.41, 5.74) is 5.37. The molecule has 3 N–H and O–H groups in total. The van der Waals surface area contributed by atoms with E-state index in [0.717, 1.165) is 26.0 Å². The highest BCUT2D eigenvalue weighted by atomic mass is 28.3. The van der Waals surface area contributed by atoms with Crippen LogP contribution in [0.15, 0.2) is 0 Å². The Hall–Kier alpha value is 0.0569. The highest BCUT2D eigenvalue weighted by Crippen LogP contribution is 2.04. The normalized spacial score (nSPS) is 11.5. The molecule has 0 aromatic rings. The van der Waals surface area contributed by atoms with Crippen LogP contribution in [0.3, 0.4) is 0 Å². The lowest BCUT2D eigenvalue weighted by Crippen LogP contribution is -2.02. The van der Waals surface area contributed by atoms with E-state index < -0.39 is 10.0 Å². The van der Waals surface area contributed by atoms with E-state index in [0.29, 0.717) is 0 Å². The van der Waals surface area contributed by atoms with Gasteiger partial charge in [0.15, 0.2) is 0 Å². The Morgan fingerprint density at radius 3 is 2.23 bits per heavy atom. The van der Waals surface area contributed by atoms with Crippen LogP contribution in [0, 0.1) is 0 Å². The van der Waals surface area contributed by atoms with Gasteiger partial charge in [0, 0.05) is 6.61 Å². The Labute approximate surface area is 82.4 Å². The second-order valence-electron chi connectivity index (χ2n) is 3.07. The predicted molar refractivity (Wildman–Crippen MR) is 55.0 cm³/mol. The number of nitrogens with two attached hydrogens (primary N) is 1. The standard InChI is InChI=1S/C8H21NO3Si/c9-7-5-3-1-2-4-6-8-11-13-12-10/h10H,1-9,13H2. The number of hydrogen-bond donors (Lipinski definition) is 2. The van der Waals surface area contributed by atoms with Crippen LogP contribution >= 0.6 is 0 Å². The Kier molecular flexibility index (Phi) is 12.1. The largest absolute Gasteiger partial charge is 0.397 e. The third kappa shape index (κ3) is 12.1. The van der Waals surface area contributed by atoms with Crippen molar-refractivity contribution < 1.29 is 14.3 Å². The number of hydrogen-bond acceptors (Lipinski definition) is 4. The third-order valence-corrected chi connectivity index (χ3v) is 2.44.